The van der Waals surface area contributed by atoms with E-state index in [1.165, 1.54) is 13.0 Å². The fourth-order valence-electron chi connectivity index (χ4n) is 1.62. The van der Waals surface area contributed by atoms with Crippen molar-refractivity contribution < 1.29 is 13.2 Å². The van der Waals surface area contributed by atoms with E-state index in [1.807, 2.05) is 0 Å². The van der Waals surface area contributed by atoms with E-state index in [1.54, 1.807) is 18.5 Å². The van der Waals surface area contributed by atoms with Gasteiger partial charge in [-0.15, -0.1) is 0 Å². The Hall–Kier alpha value is -1.98. The van der Waals surface area contributed by atoms with Crippen LogP contribution in [-0.2, 0) is 12.7 Å². The molecule has 0 unspecified atom stereocenters. The number of nitrogens with zero attached hydrogens (tertiary/aromatic N) is 1. The Morgan fingerprint density at radius 2 is 2.11 bits per heavy atom. The minimum absolute atomic E-state index is 0.214. The first-order chi connectivity index (χ1) is 8.47. The van der Waals surface area contributed by atoms with E-state index in [0.29, 0.717) is 18.1 Å². The van der Waals surface area contributed by atoms with Gasteiger partial charge in [-0.1, -0.05) is 6.07 Å². The lowest BCUT2D eigenvalue weighted by atomic mass is 10.1. The molecule has 2 aromatic rings. The van der Waals surface area contributed by atoms with Crippen LogP contribution in [-0.4, -0.2) is 9.97 Å². The summed E-state index contributed by atoms with van der Waals surface area (Å²) in [5, 5.41) is 2.89. The fourth-order valence-corrected chi connectivity index (χ4v) is 1.62. The maximum Gasteiger partial charge on any atom is 0.416 e. The summed E-state index contributed by atoms with van der Waals surface area (Å²) in [6.45, 7) is 1.80. The predicted octanol–water partition coefficient (Wildman–Crippen LogP) is 3.35. The van der Waals surface area contributed by atoms with Crippen LogP contribution < -0.4 is 5.32 Å². The molecule has 1 aromatic heterocycles. The molecule has 0 radical (unpaired) electrons. The van der Waals surface area contributed by atoms with Gasteiger partial charge in [0.05, 0.1) is 12.1 Å². The second-order valence-electron chi connectivity index (χ2n) is 3.92. The highest BCUT2D eigenvalue weighted by molar-refractivity contribution is 5.49. The summed E-state index contributed by atoms with van der Waals surface area (Å²) in [6.07, 6.45) is -1.08. The number of aromatic amines is 1. The highest BCUT2D eigenvalue weighted by atomic mass is 19.4. The zero-order chi connectivity index (χ0) is 13.2. The number of aryl methyl sites for hydroxylation is 1. The predicted molar refractivity (Wildman–Crippen MR) is 62.1 cm³/mol. The third-order valence-electron chi connectivity index (χ3n) is 2.56. The third kappa shape index (κ3) is 2.82. The van der Waals surface area contributed by atoms with Crippen LogP contribution in [0.25, 0.3) is 0 Å². The largest absolute Gasteiger partial charge is 0.416 e. The summed E-state index contributed by atoms with van der Waals surface area (Å²) >= 11 is 0. The van der Waals surface area contributed by atoms with Gasteiger partial charge in [-0.3, -0.25) is 0 Å². The van der Waals surface area contributed by atoms with E-state index in [0.717, 1.165) is 6.07 Å². The summed E-state index contributed by atoms with van der Waals surface area (Å²) in [5.41, 5.74) is 0.0160. The molecule has 96 valence electrons. The van der Waals surface area contributed by atoms with E-state index in [4.69, 9.17) is 0 Å². The van der Waals surface area contributed by atoms with Gasteiger partial charge in [0.15, 0.2) is 0 Å². The molecule has 0 atom stereocenters. The Morgan fingerprint density at radius 1 is 1.33 bits per heavy atom. The molecule has 2 rings (SSSR count). The highest BCUT2D eigenvalue weighted by Crippen LogP contribution is 2.33. The minimum atomic E-state index is -4.33. The number of imidazole rings is 1. The molecule has 1 aromatic carbocycles. The van der Waals surface area contributed by atoms with Gasteiger partial charge >= 0.3 is 6.18 Å². The number of aromatic nitrogens is 2. The van der Waals surface area contributed by atoms with Crippen LogP contribution in [0, 0.1) is 6.92 Å². The molecule has 0 bridgehead atoms. The summed E-state index contributed by atoms with van der Waals surface area (Å²) in [7, 11) is 0. The molecule has 0 saturated carbocycles. The topological polar surface area (TPSA) is 40.7 Å². The first kappa shape index (κ1) is 12.5. The van der Waals surface area contributed by atoms with Crippen molar-refractivity contribution in [1.82, 2.24) is 9.97 Å². The second kappa shape index (κ2) is 4.72. The van der Waals surface area contributed by atoms with Gasteiger partial charge in [0.1, 0.15) is 5.82 Å². The molecule has 2 N–H and O–H groups in total. The zero-order valence-electron chi connectivity index (χ0n) is 9.67. The molecule has 1 heterocycles. The fraction of sp³-hybridized carbons (Fsp3) is 0.250. The van der Waals surface area contributed by atoms with Crippen LogP contribution in [0.15, 0.2) is 30.6 Å². The quantitative estimate of drug-likeness (QED) is 0.883. The molecular weight excluding hydrogens is 243 g/mol. The molecule has 0 amide bonds. The van der Waals surface area contributed by atoms with Crippen molar-refractivity contribution in [2.45, 2.75) is 19.6 Å². The third-order valence-corrected chi connectivity index (χ3v) is 2.56. The molecular formula is C12H12F3N3. The van der Waals surface area contributed by atoms with Crippen molar-refractivity contribution in [3.63, 3.8) is 0 Å². The van der Waals surface area contributed by atoms with Crippen LogP contribution >= 0.6 is 0 Å². The molecule has 3 nitrogen and oxygen atoms in total. The van der Waals surface area contributed by atoms with Crippen molar-refractivity contribution in [2.75, 3.05) is 5.32 Å². The monoisotopic (exact) mass is 255 g/mol. The first-order valence-corrected chi connectivity index (χ1v) is 5.37. The average Bonchev–Trinajstić information content (AvgIpc) is 2.79. The molecule has 0 fully saturated rings. The molecule has 18 heavy (non-hydrogen) atoms. The molecule has 0 aliphatic rings. The smallest absolute Gasteiger partial charge is 0.378 e. The number of benzene rings is 1. The maximum absolute atomic E-state index is 12.7. The molecule has 0 spiro atoms. The van der Waals surface area contributed by atoms with Gasteiger partial charge in [-0.2, -0.15) is 13.2 Å². The Morgan fingerprint density at radius 3 is 2.72 bits per heavy atom. The second-order valence-corrected chi connectivity index (χ2v) is 3.92. The van der Waals surface area contributed by atoms with Crippen molar-refractivity contribution in [1.29, 1.82) is 0 Å². The van der Waals surface area contributed by atoms with Gasteiger partial charge in [0, 0.05) is 18.1 Å². The molecule has 0 saturated heterocycles. The molecule has 0 aliphatic heterocycles. The highest BCUT2D eigenvalue weighted by Gasteiger charge is 2.32. The van der Waals surface area contributed by atoms with Gasteiger partial charge in [0.2, 0.25) is 0 Å². The Labute approximate surface area is 102 Å². The van der Waals surface area contributed by atoms with E-state index < -0.39 is 11.7 Å². The van der Waals surface area contributed by atoms with Crippen molar-refractivity contribution in [3.8, 4) is 0 Å². The average molecular weight is 255 g/mol. The SMILES string of the molecule is Cc1ccc(NCc2ncc[nH]2)cc1C(F)(F)F. The number of halogens is 3. The minimum Gasteiger partial charge on any atom is -0.378 e. The number of rotatable bonds is 3. The number of anilines is 1. The van der Waals surface area contributed by atoms with Crippen molar-refractivity contribution in [3.05, 3.63) is 47.5 Å². The summed E-state index contributed by atoms with van der Waals surface area (Å²) in [4.78, 5) is 6.85. The Balaban J connectivity index is 2.15. The van der Waals surface area contributed by atoms with E-state index in [9.17, 15) is 13.2 Å². The molecule has 6 heteroatoms. The van der Waals surface area contributed by atoms with Crippen LogP contribution in [0.1, 0.15) is 17.0 Å². The van der Waals surface area contributed by atoms with Crippen LogP contribution in [0.4, 0.5) is 18.9 Å². The van der Waals surface area contributed by atoms with Crippen LogP contribution in [0.2, 0.25) is 0 Å². The van der Waals surface area contributed by atoms with Crippen LogP contribution in [0.5, 0.6) is 0 Å². The standard InChI is InChI=1S/C12H12F3N3/c1-8-2-3-9(6-10(8)12(13,14)15)18-7-11-16-4-5-17-11/h2-6,18H,7H2,1H3,(H,16,17). The number of alkyl halides is 3. The van der Waals surface area contributed by atoms with E-state index in [2.05, 4.69) is 15.3 Å². The summed E-state index contributed by atoms with van der Waals surface area (Å²) in [6, 6.07) is 4.18. The van der Waals surface area contributed by atoms with Crippen molar-refractivity contribution in [2.24, 2.45) is 0 Å². The van der Waals surface area contributed by atoms with E-state index >= 15 is 0 Å². The van der Waals surface area contributed by atoms with E-state index in [-0.39, 0.29) is 5.56 Å². The molecule has 0 aliphatic carbocycles. The zero-order valence-corrected chi connectivity index (χ0v) is 9.67. The lowest BCUT2D eigenvalue weighted by Gasteiger charge is -2.12. The summed E-state index contributed by atoms with van der Waals surface area (Å²) in [5.74, 6) is 0.670. The number of nitrogens with one attached hydrogen (secondary N) is 2. The Kier molecular flexibility index (Phi) is 3.27. The number of H-pyrrole nitrogens is 1. The summed E-state index contributed by atoms with van der Waals surface area (Å²) < 4.78 is 38.1. The van der Waals surface area contributed by atoms with Gasteiger partial charge in [-0.05, 0) is 24.6 Å². The Bertz CT molecular complexity index is 518. The lowest BCUT2D eigenvalue weighted by Crippen LogP contribution is -2.09. The maximum atomic E-state index is 12.7. The normalized spacial score (nSPS) is 11.6. The number of hydrogen-bond donors (Lipinski definition) is 2. The van der Waals surface area contributed by atoms with Gasteiger partial charge in [0.25, 0.3) is 0 Å². The van der Waals surface area contributed by atoms with Crippen LogP contribution in [0.3, 0.4) is 0 Å². The van der Waals surface area contributed by atoms with Crippen molar-refractivity contribution >= 4 is 5.69 Å². The first-order valence-electron chi connectivity index (χ1n) is 5.37. The van der Waals surface area contributed by atoms with Gasteiger partial charge < -0.3 is 10.3 Å². The van der Waals surface area contributed by atoms with Gasteiger partial charge in [-0.25, -0.2) is 4.98 Å². The lowest BCUT2D eigenvalue weighted by molar-refractivity contribution is -0.138. The number of hydrogen-bond acceptors (Lipinski definition) is 2.